The molecule has 2 unspecified atom stereocenters. The second-order valence-corrected chi connectivity index (χ2v) is 7.59. The summed E-state index contributed by atoms with van der Waals surface area (Å²) in [5, 5.41) is 10.5. The van der Waals surface area contributed by atoms with E-state index in [1.807, 2.05) is 13.8 Å². The van der Waals surface area contributed by atoms with Crippen molar-refractivity contribution in [3.8, 4) is 0 Å². The predicted molar refractivity (Wildman–Crippen MR) is 78.2 cm³/mol. The van der Waals surface area contributed by atoms with Gasteiger partial charge >= 0.3 is 0 Å². The summed E-state index contributed by atoms with van der Waals surface area (Å²) in [7, 11) is 2.21. The minimum atomic E-state index is -0.429. The van der Waals surface area contributed by atoms with Crippen LogP contribution < -0.4 is 0 Å². The number of hydrogen-bond donors (Lipinski definition) is 1. The van der Waals surface area contributed by atoms with Crippen molar-refractivity contribution in [3.63, 3.8) is 0 Å². The molecule has 0 radical (unpaired) electrons. The molecule has 19 heavy (non-hydrogen) atoms. The van der Waals surface area contributed by atoms with Crippen LogP contribution in [0.5, 0.6) is 0 Å². The molecule has 0 bridgehead atoms. The maximum Gasteiger partial charge on any atom is 0.0896 e. The van der Waals surface area contributed by atoms with Gasteiger partial charge in [-0.05, 0) is 47.6 Å². The number of ether oxygens (including phenoxy) is 1. The summed E-state index contributed by atoms with van der Waals surface area (Å²) in [4.78, 5) is 2.46. The van der Waals surface area contributed by atoms with Gasteiger partial charge in [0.1, 0.15) is 0 Å². The normalized spacial score (nSPS) is 34.9. The van der Waals surface area contributed by atoms with Crippen LogP contribution in [0.1, 0.15) is 59.8 Å². The number of hydrogen-bond acceptors (Lipinski definition) is 3. The van der Waals surface area contributed by atoms with Crippen LogP contribution in [0.4, 0.5) is 0 Å². The molecule has 0 amide bonds. The molecule has 0 spiro atoms. The molecule has 2 rings (SSSR count). The zero-order valence-corrected chi connectivity index (χ0v) is 13.3. The van der Waals surface area contributed by atoms with Gasteiger partial charge in [0.05, 0.1) is 17.3 Å². The standard InChI is InChI=1S/C16H31NO2/c1-15(2)13(14(18)16(3,4)19-15)11-17(5)12-9-7-6-8-10-12/h12-14,18H,6-11H2,1-5H3. The lowest BCUT2D eigenvalue weighted by atomic mass is 9.83. The predicted octanol–water partition coefficient (Wildman–Crippen LogP) is 2.82. The lowest BCUT2D eigenvalue weighted by Gasteiger charge is -2.36. The highest BCUT2D eigenvalue weighted by Crippen LogP contribution is 2.42. The maximum atomic E-state index is 10.5. The summed E-state index contributed by atoms with van der Waals surface area (Å²) in [6.45, 7) is 9.16. The average molecular weight is 269 g/mol. The van der Waals surface area contributed by atoms with Crippen molar-refractivity contribution in [2.75, 3.05) is 13.6 Å². The Morgan fingerprint density at radius 2 is 1.63 bits per heavy atom. The molecule has 1 N–H and O–H groups in total. The van der Waals surface area contributed by atoms with E-state index in [0.717, 1.165) is 6.54 Å². The van der Waals surface area contributed by atoms with Crippen molar-refractivity contribution in [2.24, 2.45) is 5.92 Å². The Morgan fingerprint density at radius 3 is 2.11 bits per heavy atom. The van der Waals surface area contributed by atoms with Crippen LogP contribution in [-0.4, -0.2) is 46.9 Å². The molecule has 1 aliphatic carbocycles. The summed E-state index contributed by atoms with van der Waals surface area (Å²) in [5.41, 5.74) is -0.673. The quantitative estimate of drug-likeness (QED) is 0.855. The molecule has 3 nitrogen and oxygen atoms in total. The molecule has 112 valence electrons. The van der Waals surface area contributed by atoms with E-state index in [1.54, 1.807) is 0 Å². The Hall–Kier alpha value is -0.120. The smallest absolute Gasteiger partial charge is 0.0896 e. The number of aliphatic hydroxyl groups is 1. The highest BCUT2D eigenvalue weighted by Gasteiger charge is 2.53. The van der Waals surface area contributed by atoms with Crippen molar-refractivity contribution in [1.82, 2.24) is 4.90 Å². The van der Waals surface area contributed by atoms with Crippen molar-refractivity contribution < 1.29 is 9.84 Å². The fourth-order valence-electron chi connectivity index (χ4n) is 3.98. The summed E-state index contributed by atoms with van der Waals surface area (Å²) in [6, 6.07) is 0.695. The molecule has 2 aliphatic rings. The van der Waals surface area contributed by atoms with Gasteiger partial charge in [-0.25, -0.2) is 0 Å². The fraction of sp³-hybridized carbons (Fsp3) is 1.00. The largest absolute Gasteiger partial charge is 0.390 e. The van der Waals surface area contributed by atoms with E-state index < -0.39 is 5.60 Å². The summed E-state index contributed by atoms with van der Waals surface area (Å²) >= 11 is 0. The second kappa shape index (κ2) is 5.34. The highest BCUT2D eigenvalue weighted by molar-refractivity contribution is 5.02. The van der Waals surface area contributed by atoms with Crippen LogP contribution in [0.3, 0.4) is 0 Å². The summed E-state index contributed by atoms with van der Waals surface area (Å²) < 4.78 is 6.07. The first kappa shape index (κ1) is 15.3. The van der Waals surface area contributed by atoms with E-state index in [4.69, 9.17) is 4.74 Å². The van der Waals surface area contributed by atoms with Crippen molar-refractivity contribution in [2.45, 2.75) is 83.1 Å². The van der Waals surface area contributed by atoms with Crippen molar-refractivity contribution in [1.29, 1.82) is 0 Å². The molecule has 3 heteroatoms. The zero-order valence-electron chi connectivity index (χ0n) is 13.3. The van der Waals surface area contributed by atoms with Crippen LogP contribution in [-0.2, 0) is 4.74 Å². The van der Waals surface area contributed by atoms with Gasteiger partial charge in [0.15, 0.2) is 0 Å². The maximum absolute atomic E-state index is 10.5. The van der Waals surface area contributed by atoms with Gasteiger partial charge in [-0.2, -0.15) is 0 Å². The molecule has 0 aromatic carbocycles. The Labute approximate surface area is 118 Å². The van der Waals surface area contributed by atoms with Gasteiger partial charge < -0.3 is 14.7 Å². The van der Waals surface area contributed by atoms with Gasteiger partial charge in [0.2, 0.25) is 0 Å². The Balaban J connectivity index is 2.00. The molecule has 1 heterocycles. The topological polar surface area (TPSA) is 32.7 Å². The van der Waals surface area contributed by atoms with E-state index in [-0.39, 0.29) is 17.6 Å². The van der Waals surface area contributed by atoms with Crippen LogP contribution in [0.2, 0.25) is 0 Å². The Bertz CT molecular complexity index is 308. The van der Waals surface area contributed by atoms with Crippen molar-refractivity contribution >= 4 is 0 Å². The van der Waals surface area contributed by atoms with Gasteiger partial charge in [-0.1, -0.05) is 19.3 Å². The minimum Gasteiger partial charge on any atom is -0.390 e. The lowest BCUT2D eigenvalue weighted by molar-refractivity contribution is -0.0914. The first-order chi connectivity index (χ1) is 8.74. The van der Waals surface area contributed by atoms with Crippen LogP contribution >= 0.6 is 0 Å². The molecule has 2 fully saturated rings. The van der Waals surface area contributed by atoms with Crippen LogP contribution in [0.25, 0.3) is 0 Å². The monoisotopic (exact) mass is 269 g/mol. The molecular formula is C16H31NO2. The Morgan fingerprint density at radius 1 is 1.05 bits per heavy atom. The van der Waals surface area contributed by atoms with Gasteiger partial charge in [0.25, 0.3) is 0 Å². The minimum absolute atomic E-state index is 0.189. The van der Waals surface area contributed by atoms with Crippen molar-refractivity contribution in [3.05, 3.63) is 0 Å². The first-order valence-corrected chi connectivity index (χ1v) is 7.82. The van der Waals surface area contributed by atoms with E-state index in [9.17, 15) is 5.11 Å². The summed E-state index contributed by atoms with van der Waals surface area (Å²) in [5.74, 6) is 0.189. The van der Waals surface area contributed by atoms with E-state index >= 15 is 0 Å². The van der Waals surface area contributed by atoms with Gasteiger partial charge in [-0.3, -0.25) is 0 Å². The third-order valence-corrected chi connectivity index (χ3v) is 5.20. The number of rotatable bonds is 3. The van der Waals surface area contributed by atoms with Gasteiger partial charge in [0, 0.05) is 18.5 Å². The van der Waals surface area contributed by atoms with Crippen LogP contribution in [0.15, 0.2) is 0 Å². The van der Waals surface area contributed by atoms with E-state index in [0.29, 0.717) is 6.04 Å². The lowest BCUT2D eigenvalue weighted by Crippen LogP contribution is -2.45. The number of nitrogens with zero attached hydrogens (tertiary/aromatic N) is 1. The molecule has 0 aromatic rings. The highest BCUT2D eigenvalue weighted by atomic mass is 16.5. The number of aliphatic hydroxyl groups excluding tert-OH is 1. The molecular weight excluding hydrogens is 238 g/mol. The van der Waals surface area contributed by atoms with Gasteiger partial charge in [-0.15, -0.1) is 0 Å². The fourth-order valence-corrected chi connectivity index (χ4v) is 3.98. The third-order valence-electron chi connectivity index (χ3n) is 5.20. The molecule has 1 saturated carbocycles. The SMILES string of the molecule is CN(CC1C(O)C(C)(C)OC1(C)C)C1CCCCC1. The zero-order chi connectivity index (χ0) is 14.3. The van der Waals surface area contributed by atoms with E-state index in [2.05, 4.69) is 25.8 Å². The van der Waals surface area contributed by atoms with E-state index in [1.165, 1.54) is 32.1 Å². The molecule has 0 aromatic heterocycles. The second-order valence-electron chi connectivity index (χ2n) is 7.59. The first-order valence-electron chi connectivity index (χ1n) is 7.82. The molecule has 2 atom stereocenters. The summed E-state index contributed by atoms with van der Waals surface area (Å²) in [6.07, 6.45) is 6.33. The Kier molecular flexibility index (Phi) is 4.29. The molecule has 1 aliphatic heterocycles. The average Bonchev–Trinajstić information content (AvgIpc) is 2.48. The van der Waals surface area contributed by atoms with Crippen LogP contribution in [0, 0.1) is 5.92 Å². The third kappa shape index (κ3) is 3.14. The molecule has 1 saturated heterocycles.